The summed E-state index contributed by atoms with van der Waals surface area (Å²) in [4.78, 5) is 40.5. The largest absolute Gasteiger partial charge is 0.347 e. The highest BCUT2D eigenvalue weighted by Gasteiger charge is 2.27. The Balaban J connectivity index is 1.20. The Morgan fingerprint density at radius 2 is 1.92 bits per heavy atom. The van der Waals surface area contributed by atoms with E-state index in [1.54, 1.807) is 35.3 Å². The van der Waals surface area contributed by atoms with E-state index in [9.17, 15) is 18.4 Å². The summed E-state index contributed by atoms with van der Waals surface area (Å²) in [5, 5.41) is 7.07. The molecule has 6 rings (SSSR count). The van der Waals surface area contributed by atoms with E-state index >= 15 is 0 Å². The first-order valence-corrected chi connectivity index (χ1v) is 12.0. The molecule has 0 radical (unpaired) electrons. The van der Waals surface area contributed by atoms with Crippen LogP contribution in [0.25, 0.3) is 28.0 Å². The molecule has 11 heteroatoms. The van der Waals surface area contributed by atoms with Gasteiger partial charge in [0.15, 0.2) is 11.3 Å². The third-order valence-electron chi connectivity index (χ3n) is 6.57. The van der Waals surface area contributed by atoms with Gasteiger partial charge in [-0.2, -0.15) is 5.10 Å². The van der Waals surface area contributed by atoms with Crippen molar-refractivity contribution in [3.8, 4) is 16.8 Å². The molecule has 9 nitrogen and oxygen atoms in total. The predicted molar refractivity (Wildman–Crippen MR) is 133 cm³/mol. The number of benzene rings is 2. The van der Waals surface area contributed by atoms with E-state index in [-0.39, 0.29) is 29.8 Å². The van der Waals surface area contributed by atoms with E-state index in [4.69, 9.17) is 0 Å². The normalized spacial score (nSPS) is 15.3. The maximum Gasteiger partial charge on any atom is 0.272 e. The number of aromatic amines is 1. The van der Waals surface area contributed by atoms with Gasteiger partial charge in [-0.1, -0.05) is 0 Å². The smallest absolute Gasteiger partial charge is 0.272 e. The fourth-order valence-electron chi connectivity index (χ4n) is 4.65. The average Bonchev–Trinajstić information content (AvgIpc) is 3.66. The van der Waals surface area contributed by atoms with Crippen LogP contribution in [0.15, 0.2) is 61.2 Å². The minimum Gasteiger partial charge on any atom is -0.347 e. The van der Waals surface area contributed by atoms with Crippen LogP contribution in [-0.4, -0.2) is 41.4 Å². The molecule has 1 amide bonds. The minimum absolute atomic E-state index is 0.0225. The first-order chi connectivity index (χ1) is 18.4. The molecule has 0 unspecified atom stereocenters. The molecule has 2 aromatic carbocycles. The minimum atomic E-state index is -0.468. The highest BCUT2D eigenvalue weighted by Crippen LogP contribution is 2.31. The first-order valence-electron chi connectivity index (χ1n) is 12.0. The van der Waals surface area contributed by atoms with Crippen molar-refractivity contribution in [1.82, 2.24) is 35.0 Å². The number of fused-ring (bicyclic) bond motifs is 1. The van der Waals surface area contributed by atoms with Crippen LogP contribution in [0.3, 0.4) is 0 Å². The van der Waals surface area contributed by atoms with E-state index in [1.165, 1.54) is 30.6 Å². The van der Waals surface area contributed by atoms with Gasteiger partial charge in [-0.05, 0) is 60.0 Å². The summed E-state index contributed by atoms with van der Waals surface area (Å²) in [7, 11) is 0. The van der Waals surface area contributed by atoms with Crippen molar-refractivity contribution in [3.05, 3.63) is 89.9 Å². The van der Waals surface area contributed by atoms with Gasteiger partial charge in [0.05, 0.1) is 11.9 Å². The summed E-state index contributed by atoms with van der Waals surface area (Å²) in [5.41, 5.74) is 3.32. The summed E-state index contributed by atoms with van der Waals surface area (Å²) < 4.78 is 29.3. The number of hydrogen-bond acceptors (Lipinski definition) is 6. The van der Waals surface area contributed by atoms with Crippen molar-refractivity contribution in [2.24, 2.45) is 0 Å². The van der Waals surface area contributed by atoms with Crippen molar-refractivity contribution < 1.29 is 18.4 Å². The molecule has 0 aliphatic heterocycles. The zero-order chi connectivity index (χ0) is 26.2. The Morgan fingerprint density at radius 3 is 2.71 bits per heavy atom. The molecule has 1 aliphatic carbocycles. The molecule has 1 fully saturated rings. The molecule has 2 N–H and O–H groups in total. The van der Waals surface area contributed by atoms with Gasteiger partial charge >= 0.3 is 0 Å². The van der Waals surface area contributed by atoms with Gasteiger partial charge in [0, 0.05) is 37.1 Å². The average molecular weight is 514 g/mol. The van der Waals surface area contributed by atoms with E-state index in [0.717, 1.165) is 0 Å². The fourth-order valence-corrected chi connectivity index (χ4v) is 4.65. The molecule has 1 aliphatic rings. The third kappa shape index (κ3) is 4.65. The SMILES string of the molecule is O=C1CC[C@H](c2nc3ncnc(C(=O)NCc4cc(F)cc(-c5cnn(-c6ccc(F)cc6)c5)c4)c3[nH]2)C1. The second-order valence-corrected chi connectivity index (χ2v) is 9.20. The number of nitrogens with zero attached hydrogens (tertiary/aromatic N) is 5. The van der Waals surface area contributed by atoms with Gasteiger partial charge in [0.1, 0.15) is 35.1 Å². The van der Waals surface area contributed by atoms with Crippen LogP contribution in [0.2, 0.25) is 0 Å². The highest BCUT2D eigenvalue weighted by molar-refractivity contribution is 6.02. The Morgan fingerprint density at radius 1 is 1.08 bits per heavy atom. The first kappa shape index (κ1) is 23.6. The van der Waals surface area contributed by atoms with Gasteiger partial charge in [-0.3, -0.25) is 9.59 Å². The van der Waals surface area contributed by atoms with Gasteiger partial charge in [0.2, 0.25) is 0 Å². The number of carbonyl (C=O) groups excluding carboxylic acids is 2. The van der Waals surface area contributed by atoms with Gasteiger partial charge < -0.3 is 10.3 Å². The van der Waals surface area contributed by atoms with Crippen molar-refractivity contribution in [3.63, 3.8) is 0 Å². The summed E-state index contributed by atoms with van der Waals surface area (Å²) in [6.45, 7) is 0.0549. The fraction of sp³-hybridized carbons (Fsp3) is 0.185. The molecule has 5 aromatic rings. The molecule has 3 aromatic heterocycles. The topological polar surface area (TPSA) is 118 Å². The lowest BCUT2D eigenvalue weighted by atomic mass is 10.1. The molecular weight excluding hydrogens is 492 g/mol. The second-order valence-electron chi connectivity index (χ2n) is 9.20. The van der Waals surface area contributed by atoms with E-state index in [2.05, 4.69) is 30.4 Å². The Kier molecular flexibility index (Phi) is 5.95. The van der Waals surface area contributed by atoms with Crippen LogP contribution in [0.1, 0.15) is 47.1 Å². The molecule has 0 spiro atoms. The number of carbonyl (C=O) groups is 2. The number of ketones is 1. The third-order valence-corrected chi connectivity index (χ3v) is 6.57. The molecule has 38 heavy (non-hydrogen) atoms. The second kappa shape index (κ2) is 9.58. The number of rotatable bonds is 6. The lowest BCUT2D eigenvalue weighted by Gasteiger charge is -2.08. The molecule has 1 atom stereocenters. The zero-order valence-corrected chi connectivity index (χ0v) is 20.0. The van der Waals surface area contributed by atoms with Crippen LogP contribution >= 0.6 is 0 Å². The summed E-state index contributed by atoms with van der Waals surface area (Å²) >= 11 is 0. The lowest BCUT2D eigenvalue weighted by Crippen LogP contribution is -2.24. The maximum atomic E-state index is 14.5. The summed E-state index contributed by atoms with van der Waals surface area (Å²) in [5.74, 6) is -0.488. The number of Topliss-reactive ketones (excluding diaryl/α,β-unsaturated/α-hetero) is 1. The molecule has 3 heterocycles. The van der Waals surface area contributed by atoms with Crippen LogP contribution in [0.4, 0.5) is 8.78 Å². The van der Waals surface area contributed by atoms with Crippen molar-refractivity contribution >= 4 is 22.9 Å². The Labute approximate surface area is 215 Å². The number of aromatic nitrogens is 6. The van der Waals surface area contributed by atoms with E-state index in [0.29, 0.717) is 58.6 Å². The van der Waals surface area contributed by atoms with Crippen LogP contribution in [-0.2, 0) is 11.3 Å². The van der Waals surface area contributed by atoms with Crippen LogP contribution < -0.4 is 5.32 Å². The maximum absolute atomic E-state index is 14.5. The van der Waals surface area contributed by atoms with Crippen LogP contribution in [0.5, 0.6) is 0 Å². The number of hydrogen-bond donors (Lipinski definition) is 2. The number of imidazole rings is 1. The van der Waals surface area contributed by atoms with Crippen LogP contribution in [0, 0.1) is 11.6 Å². The van der Waals surface area contributed by atoms with E-state index in [1.807, 2.05) is 0 Å². The molecule has 190 valence electrons. The summed E-state index contributed by atoms with van der Waals surface area (Å²) in [6, 6.07) is 10.4. The standard InChI is InChI=1S/C27H21F2N7O2/c28-19-2-4-21(5-3-19)36-13-18(12-33-36)17-7-15(8-20(29)9-17)11-30-27(38)24-23-26(32-14-31-24)35-25(34-23)16-1-6-22(37)10-16/h2-5,7-9,12-14,16H,1,6,10-11H2,(H,30,38)(H,31,32,34,35)/t16-/m0/s1. The number of H-pyrrole nitrogens is 1. The van der Waals surface area contributed by atoms with Gasteiger partial charge in [-0.25, -0.2) is 28.4 Å². The Hall–Kier alpha value is -4.80. The predicted octanol–water partition coefficient (Wildman–Crippen LogP) is 4.25. The number of halogens is 2. The highest BCUT2D eigenvalue weighted by atomic mass is 19.1. The van der Waals surface area contributed by atoms with Crippen molar-refractivity contribution in [2.75, 3.05) is 0 Å². The molecule has 0 saturated heterocycles. The van der Waals surface area contributed by atoms with E-state index < -0.39 is 11.7 Å². The van der Waals surface area contributed by atoms with Crippen molar-refractivity contribution in [1.29, 1.82) is 0 Å². The summed E-state index contributed by atoms with van der Waals surface area (Å²) in [6.07, 6.45) is 6.21. The van der Waals surface area contributed by atoms with Gasteiger partial charge in [-0.15, -0.1) is 0 Å². The lowest BCUT2D eigenvalue weighted by molar-refractivity contribution is -0.117. The number of nitrogens with one attached hydrogen (secondary N) is 2. The van der Waals surface area contributed by atoms with Gasteiger partial charge in [0.25, 0.3) is 5.91 Å². The molecule has 0 bridgehead atoms. The Bertz CT molecular complexity index is 1680. The zero-order valence-electron chi connectivity index (χ0n) is 20.0. The quantitative estimate of drug-likeness (QED) is 0.351. The monoisotopic (exact) mass is 513 g/mol. The number of amides is 1. The molecule has 1 saturated carbocycles. The van der Waals surface area contributed by atoms with Crippen molar-refractivity contribution in [2.45, 2.75) is 31.7 Å². The molecular formula is C27H21F2N7O2.